The van der Waals surface area contributed by atoms with E-state index in [0.717, 1.165) is 5.56 Å². The molecule has 4 heteroatoms. The minimum Gasteiger partial charge on any atom is -0.476 e. The predicted octanol–water partition coefficient (Wildman–Crippen LogP) is 1.82. The van der Waals surface area contributed by atoms with Crippen molar-refractivity contribution in [1.82, 2.24) is 4.73 Å². The van der Waals surface area contributed by atoms with Crippen LogP contribution in [0.15, 0.2) is 48.7 Å². The monoisotopic (exact) mass is 217 g/mol. The van der Waals surface area contributed by atoms with Crippen LogP contribution in [-0.4, -0.2) is 15.8 Å². The predicted molar refractivity (Wildman–Crippen MR) is 58.1 cm³/mol. The zero-order valence-corrected chi connectivity index (χ0v) is 8.54. The number of aromatic nitrogens is 1. The Morgan fingerprint density at radius 1 is 1.19 bits per heavy atom. The Morgan fingerprint density at radius 2 is 1.94 bits per heavy atom. The molecule has 0 spiro atoms. The van der Waals surface area contributed by atoms with Crippen LogP contribution in [0.2, 0.25) is 0 Å². The summed E-state index contributed by atoms with van der Waals surface area (Å²) in [5.74, 6) is -1.00. The van der Waals surface area contributed by atoms with Gasteiger partial charge >= 0.3 is 5.97 Å². The standard InChI is InChI=1S/C12H11NO3/c14-12(15)11-7-4-8-13(11)16-9-10-5-2-1-3-6-10/h1-8H,9H2,(H,14,15). The summed E-state index contributed by atoms with van der Waals surface area (Å²) in [5, 5.41) is 8.85. The molecule has 0 aliphatic rings. The maximum Gasteiger partial charge on any atom is 0.355 e. The average molecular weight is 217 g/mol. The molecule has 1 heterocycles. The first-order chi connectivity index (χ1) is 7.77. The summed E-state index contributed by atoms with van der Waals surface area (Å²) < 4.78 is 1.26. The first kappa shape index (κ1) is 10.3. The van der Waals surface area contributed by atoms with Crippen LogP contribution in [0.1, 0.15) is 16.1 Å². The molecule has 0 aliphatic heterocycles. The van der Waals surface area contributed by atoms with Gasteiger partial charge in [0.1, 0.15) is 6.61 Å². The van der Waals surface area contributed by atoms with Crippen molar-refractivity contribution in [3.8, 4) is 0 Å². The molecule has 2 rings (SSSR count). The molecule has 0 saturated heterocycles. The highest BCUT2D eigenvalue weighted by Crippen LogP contribution is 2.03. The Balaban J connectivity index is 2.05. The van der Waals surface area contributed by atoms with Crippen molar-refractivity contribution in [2.24, 2.45) is 0 Å². The van der Waals surface area contributed by atoms with Gasteiger partial charge in [0.25, 0.3) is 0 Å². The molecule has 0 amide bonds. The lowest BCUT2D eigenvalue weighted by atomic mass is 10.2. The third kappa shape index (κ3) is 2.23. The van der Waals surface area contributed by atoms with Crippen molar-refractivity contribution >= 4 is 5.97 Å². The van der Waals surface area contributed by atoms with E-state index in [1.807, 2.05) is 30.3 Å². The van der Waals surface area contributed by atoms with Crippen LogP contribution in [0.25, 0.3) is 0 Å². The molecule has 82 valence electrons. The number of rotatable bonds is 4. The summed E-state index contributed by atoms with van der Waals surface area (Å²) in [7, 11) is 0. The van der Waals surface area contributed by atoms with E-state index in [0.29, 0.717) is 6.61 Å². The van der Waals surface area contributed by atoms with E-state index in [1.165, 1.54) is 10.8 Å². The Kier molecular flexibility index (Phi) is 2.91. The highest BCUT2D eigenvalue weighted by molar-refractivity contribution is 5.85. The molecule has 0 aliphatic carbocycles. The van der Waals surface area contributed by atoms with Gasteiger partial charge in [-0.15, -0.1) is 0 Å². The van der Waals surface area contributed by atoms with Gasteiger partial charge in [0.15, 0.2) is 5.69 Å². The summed E-state index contributed by atoms with van der Waals surface area (Å²) >= 11 is 0. The van der Waals surface area contributed by atoms with Crippen molar-refractivity contribution in [3.63, 3.8) is 0 Å². The Labute approximate surface area is 92.7 Å². The number of carbonyl (C=O) groups is 1. The lowest BCUT2D eigenvalue weighted by molar-refractivity contribution is 0.0568. The summed E-state index contributed by atoms with van der Waals surface area (Å²) in [6.45, 7) is 0.343. The molecule has 0 radical (unpaired) electrons. The van der Waals surface area contributed by atoms with Crippen LogP contribution in [0.5, 0.6) is 0 Å². The summed E-state index contributed by atoms with van der Waals surface area (Å²) in [5.41, 5.74) is 1.11. The number of nitrogens with zero attached hydrogens (tertiary/aromatic N) is 1. The SMILES string of the molecule is O=C(O)c1cccn1OCc1ccccc1. The van der Waals surface area contributed by atoms with E-state index < -0.39 is 5.97 Å². The second-order valence-electron chi connectivity index (χ2n) is 3.28. The zero-order chi connectivity index (χ0) is 11.4. The van der Waals surface area contributed by atoms with Crippen molar-refractivity contribution in [2.45, 2.75) is 6.61 Å². The van der Waals surface area contributed by atoms with Crippen molar-refractivity contribution in [2.75, 3.05) is 0 Å². The number of carboxylic acids is 1. The molecule has 0 bridgehead atoms. The van der Waals surface area contributed by atoms with Gasteiger partial charge in [-0.3, -0.25) is 0 Å². The largest absolute Gasteiger partial charge is 0.476 e. The molecular formula is C12H11NO3. The van der Waals surface area contributed by atoms with E-state index in [4.69, 9.17) is 9.94 Å². The first-order valence-corrected chi connectivity index (χ1v) is 4.85. The first-order valence-electron chi connectivity index (χ1n) is 4.85. The highest BCUT2D eigenvalue weighted by Gasteiger charge is 2.08. The molecular weight excluding hydrogens is 206 g/mol. The highest BCUT2D eigenvalue weighted by atomic mass is 16.7. The molecule has 1 aromatic heterocycles. The lowest BCUT2D eigenvalue weighted by Gasteiger charge is -2.08. The van der Waals surface area contributed by atoms with Gasteiger partial charge in [-0.2, -0.15) is 4.73 Å². The van der Waals surface area contributed by atoms with Gasteiger partial charge < -0.3 is 9.94 Å². The van der Waals surface area contributed by atoms with E-state index in [1.54, 1.807) is 12.3 Å². The summed E-state index contributed by atoms with van der Waals surface area (Å²) in [6.07, 6.45) is 1.58. The van der Waals surface area contributed by atoms with E-state index in [-0.39, 0.29) is 5.69 Å². The van der Waals surface area contributed by atoms with E-state index >= 15 is 0 Å². The number of carboxylic acid groups (broad SMARTS) is 1. The van der Waals surface area contributed by atoms with E-state index in [9.17, 15) is 4.79 Å². The molecule has 4 nitrogen and oxygen atoms in total. The van der Waals surface area contributed by atoms with Gasteiger partial charge in [-0.25, -0.2) is 4.79 Å². The number of aromatic carboxylic acids is 1. The van der Waals surface area contributed by atoms with Crippen molar-refractivity contribution in [3.05, 3.63) is 59.9 Å². The van der Waals surface area contributed by atoms with Crippen LogP contribution in [0.3, 0.4) is 0 Å². The minimum atomic E-state index is -1.00. The van der Waals surface area contributed by atoms with Crippen molar-refractivity contribution < 1.29 is 14.7 Å². The minimum absolute atomic E-state index is 0.121. The Bertz CT molecular complexity index is 476. The Morgan fingerprint density at radius 3 is 2.62 bits per heavy atom. The van der Waals surface area contributed by atoms with Gasteiger partial charge in [0, 0.05) is 6.20 Å². The van der Waals surface area contributed by atoms with Crippen LogP contribution >= 0.6 is 0 Å². The van der Waals surface area contributed by atoms with Gasteiger partial charge in [0.2, 0.25) is 0 Å². The summed E-state index contributed by atoms with van der Waals surface area (Å²) in [4.78, 5) is 16.2. The molecule has 1 aromatic carbocycles. The topological polar surface area (TPSA) is 51.5 Å². The fourth-order valence-electron chi connectivity index (χ4n) is 1.36. The molecule has 16 heavy (non-hydrogen) atoms. The van der Waals surface area contributed by atoms with Crippen molar-refractivity contribution in [1.29, 1.82) is 0 Å². The molecule has 0 fully saturated rings. The molecule has 2 aromatic rings. The average Bonchev–Trinajstić information content (AvgIpc) is 2.76. The number of benzene rings is 1. The van der Waals surface area contributed by atoms with Crippen LogP contribution in [-0.2, 0) is 6.61 Å². The fraction of sp³-hybridized carbons (Fsp3) is 0.0833. The normalized spacial score (nSPS) is 10.0. The Hall–Kier alpha value is -2.23. The summed E-state index contributed by atoms with van der Waals surface area (Å²) in [6, 6.07) is 12.7. The molecule has 0 saturated carbocycles. The van der Waals surface area contributed by atoms with Gasteiger partial charge in [-0.1, -0.05) is 30.3 Å². The third-order valence-electron chi connectivity index (χ3n) is 2.15. The van der Waals surface area contributed by atoms with Crippen LogP contribution in [0, 0.1) is 0 Å². The third-order valence-corrected chi connectivity index (χ3v) is 2.15. The van der Waals surface area contributed by atoms with Gasteiger partial charge in [-0.05, 0) is 17.7 Å². The quantitative estimate of drug-likeness (QED) is 0.849. The van der Waals surface area contributed by atoms with Gasteiger partial charge in [0.05, 0.1) is 0 Å². The smallest absolute Gasteiger partial charge is 0.355 e. The second-order valence-corrected chi connectivity index (χ2v) is 3.28. The molecule has 0 atom stereocenters. The van der Waals surface area contributed by atoms with E-state index in [2.05, 4.69) is 0 Å². The lowest BCUT2D eigenvalue weighted by Crippen LogP contribution is -2.16. The van der Waals surface area contributed by atoms with Crippen LogP contribution < -0.4 is 4.84 Å². The van der Waals surface area contributed by atoms with Crippen LogP contribution in [0.4, 0.5) is 0 Å². The molecule has 1 N–H and O–H groups in total. The second kappa shape index (κ2) is 4.53. The number of hydrogen-bond donors (Lipinski definition) is 1. The zero-order valence-electron chi connectivity index (χ0n) is 8.54. The molecule has 0 unspecified atom stereocenters. The maximum atomic E-state index is 10.8. The fourth-order valence-corrected chi connectivity index (χ4v) is 1.36. The number of hydrogen-bond acceptors (Lipinski definition) is 2. The maximum absolute atomic E-state index is 10.8.